The number of Topliss-reactive ketones (excluding diaryl/α,β-unsaturated/α-hetero) is 1. The Balaban J connectivity index is 2.24. The molecule has 0 heterocycles. The summed E-state index contributed by atoms with van der Waals surface area (Å²) in [6, 6.07) is 0. The largest absolute Gasteiger partial charge is 0.325 e. The number of hydrogen-bond donors (Lipinski definition) is 1. The highest BCUT2D eigenvalue weighted by Gasteiger charge is 2.34. The van der Waals surface area contributed by atoms with Crippen molar-refractivity contribution in [1.29, 1.82) is 0 Å². The van der Waals surface area contributed by atoms with Gasteiger partial charge in [0.15, 0.2) is 0 Å². The smallest absolute Gasteiger partial charge is 0.135 e. The van der Waals surface area contributed by atoms with Gasteiger partial charge in [-0.3, -0.25) is 4.79 Å². The second kappa shape index (κ2) is 4.23. The fourth-order valence-electron chi connectivity index (χ4n) is 1.81. The molecule has 0 saturated heterocycles. The highest BCUT2D eigenvalue weighted by molar-refractivity contribution is 5.79. The molecule has 1 rings (SSSR count). The average Bonchev–Trinajstić information content (AvgIpc) is 2.01. The second-order valence-corrected chi connectivity index (χ2v) is 4.65. The van der Waals surface area contributed by atoms with Gasteiger partial charge >= 0.3 is 0 Å². The van der Waals surface area contributed by atoms with Gasteiger partial charge in [0.1, 0.15) is 5.78 Å². The molecular weight excluding hydrogens is 162 g/mol. The number of carbonyl (C=O) groups is 1. The van der Waals surface area contributed by atoms with Gasteiger partial charge < -0.3 is 5.73 Å². The molecule has 2 N–H and O–H groups in total. The van der Waals surface area contributed by atoms with E-state index in [0.29, 0.717) is 18.1 Å². The molecule has 2 nitrogen and oxygen atoms in total. The van der Waals surface area contributed by atoms with Gasteiger partial charge in [-0.15, -0.1) is 0 Å². The summed E-state index contributed by atoms with van der Waals surface area (Å²) in [6.07, 6.45) is 5.70. The SMILES string of the molecule is CCC(C)CC(=O)CC1(N)CCC1. The number of ketones is 1. The van der Waals surface area contributed by atoms with Crippen molar-refractivity contribution in [1.82, 2.24) is 0 Å². The van der Waals surface area contributed by atoms with E-state index in [-0.39, 0.29) is 5.54 Å². The molecule has 1 fully saturated rings. The Morgan fingerprint density at radius 1 is 1.54 bits per heavy atom. The van der Waals surface area contributed by atoms with Gasteiger partial charge in [0.25, 0.3) is 0 Å². The van der Waals surface area contributed by atoms with Crippen LogP contribution in [-0.2, 0) is 4.79 Å². The first-order valence-electron chi connectivity index (χ1n) is 5.36. The Morgan fingerprint density at radius 3 is 2.54 bits per heavy atom. The Morgan fingerprint density at radius 2 is 2.15 bits per heavy atom. The van der Waals surface area contributed by atoms with Crippen LogP contribution in [0.2, 0.25) is 0 Å². The van der Waals surface area contributed by atoms with Crippen LogP contribution in [0.5, 0.6) is 0 Å². The summed E-state index contributed by atoms with van der Waals surface area (Å²) in [7, 11) is 0. The minimum absolute atomic E-state index is 0.120. The molecule has 0 aromatic rings. The zero-order valence-corrected chi connectivity index (χ0v) is 8.81. The van der Waals surface area contributed by atoms with E-state index in [1.54, 1.807) is 0 Å². The minimum Gasteiger partial charge on any atom is -0.325 e. The lowest BCUT2D eigenvalue weighted by Gasteiger charge is -2.37. The van der Waals surface area contributed by atoms with Crippen molar-refractivity contribution in [3.05, 3.63) is 0 Å². The molecule has 76 valence electrons. The van der Waals surface area contributed by atoms with Crippen LogP contribution in [0.25, 0.3) is 0 Å². The summed E-state index contributed by atoms with van der Waals surface area (Å²) < 4.78 is 0. The molecule has 1 aliphatic carbocycles. The molecule has 13 heavy (non-hydrogen) atoms. The predicted octanol–water partition coefficient (Wildman–Crippen LogP) is 2.26. The molecule has 2 heteroatoms. The molecule has 0 aliphatic heterocycles. The summed E-state index contributed by atoms with van der Waals surface area (Å²) >= 11 is 0. The third-order valence-electron chi connectivity index (χ3n) is 3.17. The van der Waals surface area contributed by atoms with Gasteiger partial charge in [0, 0.05) is 18.4 Å². The van der Waals surface area contributed by atoms with E-state index < -0.39 is 0 Å². The average molecular weight is 183 g/mol. The maximum Gasteiger partial charge on any atom is 0.135 e. The maximum absolute atomic E-state index is 11.5. The van der Waals surface area contributed by atoms with Crippen LogP contribution in [0, 0.1) is 5.92 Å². The summed E-state index contributed by atoms with van der Waals surface area (Å²) in [5.74, 6) is 0.882. The van der Waals surface area contributed by atoms with E-state index in [9.17, 15) is 4.79 Å². The quantitative estimate of drug-likeness (QED) is 0.710. The fraction of sp³-hybridized carbons (Fsp3) is 0.909. The molecule has 0 bridgehead atoms. The highest BCUT2D eigenvalue weighted by atomic mass is 16.1. The van der Waals surface area contributed by atoms with Crippen LogP contribution >= 0.6 is 0 Å². The normalized spacial score (nSPS) is 22.1. The van der Waals surface area contributed by atoms with E-state index in [0.717, 1.165) is 25.7 Å². The van der Waals surface area contributed by atoms with E-state index in [1.807, 2.05) is 0 Å². The van der Waals surface area contributed by atoms with E-state index in [2.05, 4.69) is 13.8 Å². The van der Waals surface area contributed by atoms with Crippen LogP contribution in [0.3, 0.4) is 0 Å². The first-order chi connectivity index (χ1) is 6.06. The highest BCUT2D eigenvalue weighted by Crippen LogP contribution is 2.32. The Kier molecular flexibility index (Phi) is 3.48. The minimum atomic E-state index is -0.120. The van der Waals surface area contributed by atoms with Crippen LogP contribution < -0.4 is 5.73 Å². The summed E-state index contributed by atoms with van der Waals surface area (Å²) in [5.41, 5.74) is 5.88. The third-order valence-corrected chi connectivity index (χ3v) is 3.17. The van der Waals surface area contributed by atoms with Crippen molar-refractivity contribution in [2.24, 2.45) is 11.7 Å². The molecule has 0 spiro atoms. The summed E-state index contributed by atoms with van der Waals surface area (Å²) in [4.78, 5) is 11.5. The predicted molar refractivity (Wildman–Crippen MR) is 54.5 cm³/mol. The van der Waals surface area contributed by atoms with Gasteiger partial charge in [0.2, 0.25) is 0 Å². The Hall–Kier alpha value is -0.370. The van der Waals surface area contributed by atoms with E-state index in [1.165, 1.54) is 6.42 Å². The van der Waals surface area contributed by atoms with Crippen molar-refractivity contribution >= 4 is 5.78 Å². The lowest BCUT2D eigenvalue weighted by Crippen LogP contribution is -2.48. The van der Waals surface area contributed by atoms with Crippen molar-refractivity contribution in [3.63, 3.8) is 0 Å². The standard InChI is InChI=1S/C11H21NO/c1-3-9(2)7-10(13)8-11(12)5-4-6-11/h9H,3-8,12H2,1-2H3. The summed E-state index contributed by atoms with van der Waals surface area (Å²) in [5, 5.41) is 0. The van der Waals surface area contributed by atoms with Crippen LogP contribution in [0.4, 0.5) is 0 Å². The van der Waals surface area contributed by atoms with Crippen molar-refractivity contribution in [3.8, 4) is 0 Å². The third kappa shape index (κ3) is 3.11. The Labute approximate surface area is 80.9 Å². The van der Waals surface area contributed by atoms with Crippen LogP contribution in [0.1, 0.15) is 52.4 Å². The zero-order valence-electron chi connectivity index (χ0n) is 8.81. The van der Waals surface area contributed by atoms with Crippen molar-refractivity contribution in [2.45, 2.75) is 57.9 Å². The molecule has 0 radical (unpaired) electrons. The van der Waals surface area contributed by atoms with Gasteiger partial charge in [-0.05, 0) is 25.2 Å². The first-order valence-corrected chi connectivity index (χ1v) is 5.36. The molecular formula is C11H21NO. The lowest BCUT2D eigenvalue weighted by atomic mass is 9.73. The monoisotopic (exact) mass is 183 g/mol. The zero-order chi connectivity index (χ0) is 9.90. The maximum atomic E-state index is 11.5. The van der Waals surface area contributed by atoms with Gasteiger partial charge in [-0.2, -0.15) is 0 Å². The molecule has 1 atom stereocenters. The second-order valence-electron chi connectivity index (χ2n) is 4.65. The van der Waals surface area contributed by atoms with Crippen LogP contribution in [0.15, 0.2) is 0 Å². The molecule has 1 aliphatic rings. The van der Waals surface area contributed by atoms with Crippen molar-refractivity contribution in [2.75, 3.05) is 0 Å². The number of rotatable bonds is 5. The lowest BCUT2D eigenvalue weighted by molar-refractivity contribution is -0.121. The van der Waals surface area contributed by atoms with E-state index >= 15 is 0 Å². The fourth-order valence-corrected chi connectivity index (χ4v) is 1.81. The molecule has 0 aromatic heterocycles. The molecule has 1 saturated carbocycles. The van der Waals surface area contributed by atoms with Gasteiger partial charge in [-0.1, -0.05) is 20.3 Å². The van der Waals surface area contributed by atoms with Crippen LogP contribution in [-0.4, -0.2) is 11.3 Å². The number of nitrogens with two attached hydrogens (primary N) is 1. The Bertz CT molecular complexity index is 185. The number of carbonyl (C=O) groups excluding carboxylic acids is 1. The van der Waals surface area contributed by atoms with Gasteiger partial charge in [-0.25, -0.2) is 0 Å². The summed E-state index contributed by atoms with van der Waals surface area (Å²) in [6.45, 7) is 4.25. The molecule has 1 unspecified atom stereocenters. The number of hydrogen-bond acceptors (Lipinski definition) is 2. The first kappa shape index (κ1) is 10.7. The topological polar surface area (TPSA) is 43.1 Å². The van der Waals surface area contributed by atoms with Crippen molar-refractivity contribution < 1.29 is 4.79 Å². The van der Waals surface area contributed by atoms with E-state index in [4.69, 9.17) is 5.73 Å². The van der Waals surface area contributed by atoms with Gasteiger partial charge in [0.05, 0.1) is 0 Å². The molecule has 0 aromatic carbocycles. The molecule has 0 amide bonds.